The molecule has 1 heterocycles. The quantitative estimate of drug-likeness (QED) is 0.540. The molecule has 1 aliphatic heterocycles. The predicted molar refractivity (Wildman–Crippen MR) is 59.2 cm³/mol. The van der Waals surface area contributed by atoms with Crippen molar-refractivity contribution in [2.45, 2.75) is 44.3 Å². The predicted octanol–water partition coefficient (Wildman–Crippen LogP) is 2.23. The smallest absolute Gasteiger partial charge is 0.171 e. The molecule has 2 aliphatic rings. The second-order valence-electron chi connectivity index (χ2n) is 4.40. The van der Waals surface area contributed by atoms with Crippen LogP contribution in [0.3, 0.4) is 0 Å². The number of hydrogen-bond acceptors (Lipinski definition) is 3. The Bertz CT molecular complexity index is 323. The highest BCUT2D eigenvalue weighted by atomic mass is 16.7. The van der Waals surface area contributed by atoms with Gasteiger partial charge in [0, 0.05) is 24.7 Å². The molecule has 1 atom stereocenters. The molecule has 0 radical (unpaired) electrons. The molecule has 0 aromatic carbocycles. The lowest BCUT2D eigenvalue weighted by Gasteiger charge is -2.29. The fourth-order valence-electron chi connectivity index (χ4n) is 2.77. The van der Waals surface area contributed by atoms with E-state index in [-0.39, 0.29) is 5.79 Å². The summed E-state index contributed by atoms with van der Waals surface area (Å²) in [5, 5.41) is 8.28. The molecule has 3 heteroatoms. The van der Waals surface area contributed by atoms with Crippen molar-refractivity contribution in [2.75, 3.05) is 13.2 Å². The average molecular weight is 219 g/mol. The normalized spacial score (nSPS) is 26.3. The Labute approximate surface area is 96.7 Å². The molecule has 3 nitrogen and oxygen atoms in total. The van der Waals surface area contributed by atoms with Crippen LogP contribution in [0, 0.1) is 29.1 Å². The summed E-state index contributed by atoms with van der Waals surface area (Å²) in [5.41, 5.74) is 0. The SMILES string of the molecule is N#CC#CCCCC1CCCC12OCCO2. The summed E-state index contributed by atoms with van der Waals surface area (Å²) < 4.78 is 11.6. The molecule has 1 aliphatic carbocycles. The third kappa shape index (κ3) is 2.38. The van der Waals surface area contributed by atoms with Gasteiger partial charge < -0.3 is 9.47 Å². The first kappa shape index (κ1) is 11.5. The van der Waals surface area contributed by atoms with Gasteiger partial charge in [0.1, 0.15) is 0 Å². The molecular weight excluding hydrogens is 202 g/mol. The van der Waals surface area contributed by atoms with E-state index >= 15 is 0 Å². The Kier molecular flexibility index (Phi) is 3.83. The maximum atomic E-state index is 8.28. The Morgan fingerprint density at radius 1 is 1.31 bits per heavy atom. The van der Waals surface area contributed by atoms with Crippen LogP contribution in [-0.2, 0) is 9.47 Å². The van der Waals surface area contributed by atoms with Gasteiger partial charge in [0.2, 0.25) is 0 Å². The Morgan fingerprint density at radius 3 is 2.88 bits per heavy atom. The van der Waals surface area contributed by atoms with Gasteiger partial charge in [-0.2, -0.15) is 5.26 Å². The Hall–Kier alpha value is -1.03. The summed E-state index contributed by atoms with van der Waals surface area (Å²) >= 11 is 0. The van der Waals surface area contributed by atoms with Gasteiger partial charge in [-0.05, 0) is 25.7 Å². The van der Waals surface area contributed by atoms with Crippen LogP contribution in [0.1, 0.15) is 38.5 Å². The molecule has 1 saturated heterocycles. The monoisotopic (exact) mass is 219 g/mol. The van der Waals surface area contributed by atoms with E-state index in [1.165, 1.54) is 12.8 Å². The van der Waals surface area contributed by atoms with Gasteiger partial charge in [-0.3, -0.25) is 0 Å². The van der Waals surface area contributed by atoms with Crippen molar-refractivity contribution in [1.82, 2.24) is 0 Å². The van der Waals surface area contributed by atoms with Crippen molar-refractivity contribution in [2.24, 2.45) is 5.92 Å². The second kappa shape index (κ2) is 5.34. The van der Waals surface area contributed by atoms with Crippen LogP contribution in [0.5, 0.6) is 0 Å². The number of nitrogens with zero attached hydrogens (tertiary/aromatic N) is 1. The van der Waals surface area contributed by atoms with Gasteiger partial charge in [-0.25, -0.2) is 0 Å². The highest BCUT2D eigenvalue weighted by molar-refractivity contribution is 5.16. The summed E-state index contributed by atoms with van der Waals surface area (Å²) in [5.74, 6) is 5.54. The average Bonchev–Trinajstić information content (AvgIpc) is 2.91. The fraction of sp³-hybridized carbons (Fsp3) is 0.769. The van der Waals surface area contributed by atoms with Gasteiger partial charge >= 0.3 is 0 Å². The zero-order chi connectivity index (χ0) is 11.3. The zero-order valence-electron chi connectivity index (χ0n) is 9.50. The summed E-state index contributed by atoms with van der Waals surface area (Å²) in [6, 6.07) is 1.83. The molecule has 0 aromatic rings. The second-order valence-corrected chi connectivity index (χ2v) is 4.40. The molecule has 2 rings (SSSR count). The van der Waals surface area contributed by atoms with Crippen molar-refractivity contribution in [3.8, 4) is 17.9 Å². The van der Waals surface area contributed by atoms with E-state index in [9.17, 15) is 0 Å². The molecule has 0 bridgehead atoms. The van der Waals surface area contributed by atoms with Crippen molar-refractivity contribution < 1.29 is 9.47 Å². The largest absolute Gasteiger partial charge is 0.347 e. The molecule has 0 N–H and O–H groups in total. The third-order valence-electron chi connectivity index (χ3n) is 3.47. The van der Waals surface area contributed by atoms with E-state index in [0.29, 0.717) is 5.92 Å². The van der Waals surface area contributed by atoms with E-state index in [4.69, 9.17) is 14.7 Å². The third-order valence-corrected chi connectivity index (χ3v) is 3.47. The van der Waals surface area contributed by atoms with E-state index in [2.05, 4.69) is 11.8 Å². The van der Waals surface area contributed by atoms with Crippen molar-refractivity contribution in [3.63, 3.8) is 0 Å². The summed E-state index contributed by atoms with van der Waals surface area (Å²) in [7, 11) is 0. The van der Waals surface area contributed by atoms with Gasteiger partial charge in [0.25, 0.3) is 0 Å². The first-order valence-corrected chi connectivity index (χ1v) is 6.02. The standard InChI is InChI=1S/C13H17NO2/c14-9-4-2-1-3-6-12-7-5-8-13(12)15-10-11-16-13/h12H,1,3,5-8,10-11H2. The van der Waals surface area contributed by atoms with Crippen molar-refractivity contribution in [3.05, 3.63) is 0 Å². The molecule has 1 spiro atoms. The minimum atomic E-state index is -0.261. The van der Waals surface area contributed by atoms with Gasteiger partial charge in [0.15, 0.2) is 11.9 Å². The van der Waals surface area contributed by atoms with E-state index < -0.39 is 0 Å². The first-order chi connectivity index (χ1) is 7.87. The minimum absolute atomic E-state index is 0.261. The zero-order valence-corrected chi connectivity index (χ0v) is 9.50. The van der Waals surface area contributed by atoms with Gasteiger partial charge in [-0.1, -0.05) is 5.92 Å². The molecule has 1 unspecified atom stereocenters. The fourth-order valence-corrected chi connectivity index (χ4v) is 2.77. The molecular formula is C13H17NO2. The number of unbranched alkanes of at least 4 members (excludes halogenated alkanes) is 1. The van der Waals surface area contributed by atoms with E-state index in [0.717, 1.165) is 38.9 Å². The number of hydrogen-bond donors (Lipinski definition) is 0. The summed E-state index contributed by atoms with van der Waals surface area (Å²) in [6.45, 7) is 1.48. The lowest BCUT2D eigenvalue weighted by atomic mass is 9.95. The molecule has 1 saturated carbocycles. The topological polar surface area (TPSA) is 42.2 Å². The van der Waals surface area contributed by atoms with Crippen LogP contribution in [0.25, 0.3) is 0 Å². The lowest BCUT2D eigenvalue weighted by Crippen LogP contribution is -2.34. The molecule has 16 heavy (non-hydrogen) atoms. The van der Waals surface area contributed by atoms with E-state index in [1.54, 1.807) is 0 Å². The highest BCUT2D eigenvalue weighted by Gasteiger charge is 2.47. The van der Waals surface area contributed by atoms with Crippen LogP contribution >= 0.6 is 0 Å². The summed E-state index contributed by atoms with van der Waals surface area (Å²) in [6.07, 6.45) is 6.38. The molecule has 0 amide bonds. The van der Waals surface area contributed by atoms with Crippen LogP contribution in [-0.4, -0.2) is 19.0 Å². The van der Waals surface area contributed by atoms with Crippen molar-refractivity contribution >= 4 is 0 Å². The number of rotatable bonds is 3. The Balaban J connectivity index is 1.78. The van der Waals surface area contributed by atoms with Crippen LogP contribution in [0.2, 0.25) is 0 Å². The molecule has 0 aromatic heterocycles. The lowest BCUT2D eigenvalue weighted by molar-refractivity contribution is -0.182. The minimum Gasteiger partial charge on any atom is -0.347 e. The summed E-state index contributed by atoms with van der Waals surface area (Å²) in [4.78, 5) is 0. The number of nitriles is 1. The molecule has 2 fully saturated rings. The first-order valence-electron chi connectivity index (χ1n) is 6.02. The van der Waals surface area contributed by atoms with E-state index in [1.807, 2.05) is 6.07 Å². The maximum Gasteiger partial charge on any atom is 0.171 e. The molecule has 86 valence electrons. The highest BCUT2D eigenvalue weighted by Crippen LogP contribution is 2.44. The Morgan fingerprint density at radius 2 is 2.12 bits per heavy atom. The van der Waals surface area contributed by atoms with Crippen LogP contribution in [0.4, 0.5) is 0 Å². The van der Waals surface area contributed by atoms with Crippen molar-refractivity contribution in [1.29, 1.82) is 5.26 Å². The van der Waals surface area contributed by atoms with Crippen LogP contribution < -0.4 is 0 Å². The number of ether oxygens (including phenoxy) is 2. The van der Waals surface area contributed by atoms with Gasteiger partial charge in [-0.15, -0.1) is 0 Å². The van der Waals surface area contributed by atoms with Gasteiger partial charge in [0.05, 0.1) is 13.2 Å². The van der Waals surface area contributed by atoms with Crippen LogP contribution in [0.15, 0.2) is 0 Å². The maximum absolute atomic E-state index is 8.28.